The topological polar surface area (TPSA) is 70.0 Å². The zero-order valence-corrected chi connectivity index (χ0v) is 9.15. The van der Waals surface area contributed by atoms with E-state index in [-0.39, 0.29) is 12.6 Å². The number of rotatable bonds is 6. The highest BCUT2D eigenvalue weighted by Gasteiger charge is 2.32. The molecule has 0 bridgehead atoms. The molecule has 0 heterocycles. The lowest BCUT2D eigenvalue weighted by atomic mass is 10.1. The summed E-state index contributed by atoms with van der Waals surface area (Å²) in [5.41, 5.74) is -1.71. The van der Waals surface area contributed by atoms with Gasteiger partial charge >= 0.3 is 5.97 Å². The molecule has 5 nitrogen and oxygen atoms in total. The minimum atomic E-state index is -1.71. The Morgan fingerprint density at radius 2 is 2.14 bits per heavy atom. The van der Waals surface area contributed by atoms with Crippen molar-refractivity contribution < 1.29 is 19.7 Å². The first-order valence-corrected chi connectivity index (χ1v) is 4.46. The molecule has 0 saturated carbocycles. The van der Waals surface area contributed by atoms with E-state index in [2.05, 4.69) is 0 Å². The van der Waals surface area contributed by atoms with Crippen LogP contribution in [-0.2, 0) is 9.53 Å². The van der Waals surface area contributed by atoms with Crippen LogP contribution in [0.2, 0.25) is 0 Å². The van der Waals surface area contributed by atoms with Crippen molar-refractivity contribution in [1.82, 2.24) is 4.90 Å². The van der Waals surface area contributed by atoms with Gasteiger partial charge in [-0.05, 0) is 20.9 Å². The third-order valence-corrected chi connectivity index (χ3v) is 2.18. The monoisotopic (exact) mass is 205 g/mol. The van der Waals surface area contributed by atoms with E-state index in [1.54, 1.807) is 19.1 Å². The normalized spacial score (nSPS) is 17.9. The first kappa shape index (κ1) is 13.4. The van der Waals surface area contributed by atoms with Crippen LogP contribution in [0.3, 0.4) is 0 Å². The molecule has 0 radical (unpaired) electrons. The highest BCUT2D eigenvalue weighted by atomic mass is 16.5. The van der Waals surface area contributed by atoms with Crippen molar-refractivity contribution in [3.05, 3.63) is 0 Å². The molecule has 0 spiro atoms. The predicted octanol–water partition coefficient (Wildman–Crippen LogP) is -0.211. The Morgan fingerprint density at radius 1 is 1.64 bits per heavy atom. The Balaban J connectivity index is 4.16. The van der Waals surface area contributed by atoms with E-state index in [4.69, 9.17) is 9.84 Å². The average molecular weight is 205 g/mol. The van der Waals surface area contributed by atoms with Crippen molar-refractivity contribution in [1.29, 1.82) is 0 Å². The third-order valence-electron chi connectivity index (χ3n) is 2.18. The molecule has 0 aliphatic rings. The summed E-state index contributed by atoms with van der Waals surface area (Å²) in [6.07, 6.45) is 0. The van der Waals surface area contributed by atoms with Gasteiger partial charge in [0.1, 0.15) is 0 Å². The fraction of sp³-hybridized carbons (Fsp3) is 0.889. The molecule has 0 rings (SSSR count). The lowest BCUT2D eigenvalue weighted by Crippen LogP contribution is -2.48. The minimum absolute atomic E-state index is 0.0748. The molecule has 14 heavy (non-hydrogen) atoms. The van der Waals surface area contributed by atoms with Crippen molar-refractivity contribution >= 4 is 5.97 Å². The molecule has 2 atom stereocenters. The average Bonchev–Trinajstić information content (AvgIpc) is 2.03. The van der Waals surface area contributed by atoms with Crippen molar-refractivity contribution in [2.24, 2.45) is 0 Å². The number of hydrogen-bond acceptors (Lipinski definition) is 4. The molecule has 0 aliphatic carbocycles. The molecule has 0 saturated heterocycles. The first-order chi connectivity index (χ1) is 6.31. The molecule has 0 aromatic rings. The van der Waals surface area contributed by atoms with Crippen LogP contribution in [0, 0.1) is 0 Å². The molecule has 84 valence electrons. The molecule has 2 unspecified atom stereocenters. The summed E-state index contributed by atoms with van der Waals surface area (Å²) in [6.45, 7) is 3.77. The lowest BCUT2D eigenvalue weighted by Gasteiger charge is -2.29. The fourth-order valence-electron chi connectivity index (χ4n) is 1.08. The predicted molar refractivity (Wildman–Crippen MR) is 52.2 cm³/mol. The molecule has 0 amide bonds. The van der Waals surface area contributed by atoms with Crippen molar-refractivity contribution in [2.75, 3.05) is 27.3 Å². The van der Waals surface area contributed by atoms with E-state index in [1.165, 1.54) is 6.92 Å². The highest BCUT2D eigenvalue weighted by Crippen LogP contribution is 2.08. The number of aliphatic carboxylic acids is 1. The number of carbonyl (C=O) groups is 1. The number of ether oxygens (including phenoxy) is 1. The molecule has 5 heteroatoms. The second-order valence-electron chi connectivity index (χ2n) is 3.80. The van der Waals surface area contributed by atoms with Gasteiger partial charge in [-0.1, -0.05) is 0 Å². The van der Waals surface area contributed by atoms with E-state index in [0.29, 0.717) is 6.61 Å². The Kier molecular flexibility index (Phi) is 5.04. The van der Waals surface area contributed by atoms with Crippen LogP contribution in [0.1, 0.15) is 13.8 Å². The summed E-state index contributed by atoms with van der Waals surface area (Å²) in [5.74, 6) is -1.21. The van der Waals surface area contributed by atoms with E-state index in [1.807, 2.05) is 6.92 Å². The zero-order valence-electron chi connectivity index (χ0n) is 9.15. The van der Waals surface area contributed by atoms with Crippen LogP contribution >= 0.6 is 0 Å². The largest absolute Gasteiger partial charge is 0.479 e. The van der Waals surface area contributed by atoms with Gasteiger partial charge in [-0.25, -0.2) is 4.79 Å². The summed E-state index contributed by atoms with van der Waals surface area (Å²) >= 11 is 0. The first-order valence-electron chi connectivity index (χ1n) is 4.46. The molecular formula is C9H19NO4. The van der Waals surface area contributed by atoms with Crippen LogP contribution in [0.25, 0.3) is 0 Å². The summed E-state index contributed by atoms with van der Waals surface area (Å²) in [6, 6.07) is 0.0748. The van der Waals surface area contributed by atoms with Gasteiger partial charge in [0.25, 0.3) is 0 Å². The Labute approximate surface area is 84.3 Å². The zero-order chi connectivity index (χ0) is 11.4. The molecule has 0 aliphatic heterocycles. The van der Waals surface area contributed by atoms with Crippen LogP contribution in [0.4, 0.5) is 0 Å². The number of likely N-dealkylation sites (N-methyl/N-ethyl adjacent to an activating group) is 1. The van der Waals surface area contributed by atoms with Crippen LogP contribution in [-0.4, -0.2) is 60.0 Å². The molecule has 0 aromatic heterocycles. The number of carboxylic acid groups (broad SMARTS) is 1. The molecule has 0 fully saturated rings. The van der Waals surface area contributed by atoms with E-state index in [9.17, 15) is 9.90 Å². The number of nitrogens with zero attached hydrogens (tertiary/aromatic N) is 1. The third kappa shape index (κ3) is 4.04. The fourth-order valence-corrected chi connectivity index (χ4v) is 1.08. The molecule has 0 aromatic carbocycles. The quantitative estimate of drug-likeness (QED) is 0.628. The number of hydrogen-bond donors (Lipinski definition) is 2. The van der Waals surface area contributed by atoms with Crippen LogP contribution < -0.4 is 0 Å². The Morgan fingerprint density at radius 3 is 2.50 bits per heavy atom. The minimum Gasteiger partial charge on any atom is -0.479 e. The maximum Gasteiger partial charge on any atom is 0.336 e. The Bertz CT molecular complexity index is 193. The van der Waals surface area contributed by atoms with Gasteiger partial charge in [-0.3, -0.25) is 4.90 Å². The highest BCUT2D eigenvalue weighted by molar-refractivity contribution is 5.76. The maximum atomic E-state index is 10.6. The summed E-state index contributed by atoms with van der Waals surface area (Å²) in [7, 11) is 3.33. The van der Waals surface area contributed by atoms with E-state index < -0.39 is 11.6 Å². The standard InChI is InChI=1S/C9H19NO4/c1-7(5-14-4)10(3)6-9(2,13)8(11)12/h7,13H,5-6H2,1-4H3,(H,11,12). The van der Waals surface area contributed by atoms with Crippen molar-refractivity contribution in [3.8, 4) is 0 Å². The van der Waals surface area contributed by atoms with Gasteiger partial charge in [0, 0.05) is 19.7 Å². The van der Waals surface area contributed by atoms with Crippen LogP contribution in [0.5, 0.6) is 0 Å². The van der Waals surface area contributed by atoms with Crippen LogP contribution in [0.15, 0.2) is 0 Å². The van der Waals surface area contributed by atoms with Gasteiger partial charge in [-0.15, -0.1) is 0 Å². The Hall–Kier alpha value is -0.650. The lowest BCUT2D eigenvalue weighted by molar-refractivity contribution is -0.158. The van der Waals surface area contributed by atoms with Gasteiger partial charge < -0.3 is 14.9 Å². The van der Waals surface area contributed by atoms with Crippen molar-refractivity contribution in [2.45, 2.75) is 25.5 Å². The van der Waals surface area contributed by atoms with E-state index >= 15 is 0 Å². The molecule has 2 N–H and O–H groups in total. The second-order valence-corrected chi connectivity index (χ2v) is 3.80. The van der Waals surface area contributed by atoms with Gasteiger partial charge in [0.15, 0.2) is 5.60 Å². The van der Waals surface area contributed by atoms with Gasteiger partial charge in [-0.2, -0.15) is 0 Å². The smallest absolute Gasteiger partial charge is 0.336 e. The molecular weight excluding hydrogens is 186 g/mol. The van der Waals surface area contributed by atoms with Crippen molar-refractivity contribution in [3.63, 3.8) is 0 Å². The number of methoxy groups -OCH3 is 1. The number of carboxylic acids is 1. The van der Waals surface area contributed by atoms with E-state index in [0.717, 1.165) is 0 Å². The van der Waals surface area contributed by atoms with Gasteiger partial charge in [0.2, 0.25) is 0 Å². The summed E-state index contributed by atoms with van der Waals surface area (Å²) in [4.78, 5) is 12.4. The van der Waals surface area contributed by atoms with Gasteiger partial charge in [0.05, 0.1) is 6.61 Å². The summed E-state index contributed by atoms with van der Waals surface area (Å²) in [5, 5.41) is 18.2. The maximum absolute atomic E-state index is 10.6. The SMILES string of the molecule is COCC(C)N(C)CC(C)(O)C(=O)O. The summed E-state index contributed by atoms with van der Waals surface area (Å²) < 4.78 is 4.93. The second kappa shape index (κ2) is 5.29. The number of aliphatic hydroxyl groups is 1.